The number of nitrogens with one attached hydrogen (secondary N) is 1. The number of aromatic nitrogens is 1. The molecule has 1 N–H and O–H groups in total. The summed E-state index contributed by atoms with van der Waals surface area (Å²) in [6.45, 7) is 0. The van der Waals surface area contributed by atoms with Crippen molar-refractivity contribution in [3.8, 4) is 0 Å². The fraction of sp³-hybridized carbons (Fsp3) is 0.118. The van der Waals surface area contributed by atoms with E-state index in [0.717, 1.165) is 22.0 Å². The summed E-state index contributed by atoms with van der Waals surface area (Å²) in [5, 5.41) is 4.95. The molecular weight excluding hydrogens is 296 g/mol. The summed E-state index contributed by atoms with van der Waals surface area (Å²) in [4.78, 5) is 4.05. The molecule has 3 rings (SSSR count). The number of hydrogen-bond donors (Lipinski definition) is 1. The normalized spacial score (nSPS) is 11.5. The predicted molar refractivity (Wildman–Crippen MR) is 89.3 cm³/mol. The molecule has 0 unspecified atom stereocenters. The highest BCUT2D eigenvalue weighted by molar-refractivity contribution is 7.90. The minimum absolute atomic E-state index is 0.0189. The third kappa shape index (κ3) is 3.62. The van der Waals surface area contributed by atoms with Gasteiger partial charge < -0.3 is 5.32 Å². The summed E-state index contributed by atoms with van der Waals surface area (Å²) >= 11 is 0. The van der Waals surface area contributed by atoms with Crippen LogP contribution in [0, 0.1) is 0 Å². The van der Waals surface area contributed by atoms with Crippen LogP contribution in [0.25, 0.3) is 10.8 Å². The molecule has 112 valence electrons. The van der Waals surface area contributed by atoms with E-state index in [1.54, 1.807) is 12.4 Å². The van der Waals surface area contributed by atoms with Crippen molar-refractivity contribution in [1.29, 1.82) is 0 Å². The maximum atomic E-state index is 12.2. The van der Waals surface area contributed by atoms with Crippen LogP contribution in [0.1, 0.15) is 5.56 Å². The van der Waals surface area contributed by atoms with Crippen molar-refractivity contribution in [2.45, 2.75) is 5.75 Å². The predicted octanol–water partition coefficient (Wildman–Crippen LogP) is 3.22. The highest BCUT2D eigenvalue weighted by Crippen LogP contribution is 2.17. The van der Waals surface area contributed by atoms with Crippen molar-refractivity contribution >= 4 is 26.3 Å². The molecule has 0 bridgehead atoms. The molecule has 0 aliphatic rings. The Bertz CT molecular complexity index is 877. The molecule has 2 aromatic carbocycles. The van der Waals surface area contributed by atoms with Crippen LogP contribution in [0.3, 0.4) is 0 Å². The molecule has 3 aromatic rings. The molecular formula is C17H16N2O2S. The van der Waals surface area contributed by atoms with Gasteiger partial charge in [0.15, 0.2) is 9.84 Å². The number of rotatable bonds is 5. The standard InChI is InChI=1S/C17H16N2O2S/c20-22(21,13-19-17-4-2-1-3-5-17)12-14-6-7-16-11-18-9-8-15(16)10-14/h1-11,19H,12-13H2. The van der Waals surface area contributed by atoms with Crippen LogP contribution < -0.4 is 5.32 Å². The first-order valence-corrected chi connectivity index (χ1v) is 8.76. The van der Waals surface area contributed by atoms with Gasteiger partial charge in [0.1, 0.15) is 5.88 Å². The number of anilines is 1. The Morgan fingerprint density at radius 2 is 1.77 bits per heavy atom. The van der Waals surface area contributed by atoms with Gasteiger partial charge in [-0.2, -0.15) is 0 Å². The van der Waals surface area contributed by atoms with Gasteiger partial charge in [-0.25, -0.2) is 8.42 Å². The largest absolute Gasteiger partial charge is 0.372 e. The summed E-state index contributed by atoms with van der Waals surface area (Å²) < 4.78 is 24.5. The van der Waals surface area contributed by atoms with Crippen molar-refractivity contribution < 1.29 is 8.42 Å². The first kappa shape index (κ1) is 14.5. The molecule has 1 heterocycles. The monoisotopic (exact) mass is 312 g/mol. The van der Waals surface area contributed by atoms with Crippen molar-refractivity contribution in [2.24, 2.45) is 0 Å². The van der Waals surface area contributed by atoms with Crippen molar-refractivity contribution in [3.05, 3.63) is 72.6 Å². The second-order valence-corrected chi connectivity index (χ2v) is 7.20. The van der Waals surface area contributed by atoms with Gasteiger partial charge in [0.05, 0.1) is 5.75 Å². The first-order chi connectivity index (χ1) is 10.6. The van der Waals surface area contributed by atoms with E-state index in [-0.39, 0.29) is 11.6 Å². The topological polar surface area (TPSA) is 59.1 Å². The number of nitrogens with zero attached hydrogens (tertiary/aromatic N) is 1. The van der Waals surface area contributed by atoms with Crippen molar-refractivity contribution in [1.82, 2.24) is 4.98 Å². The van der Waals surface area contributed by atoms with Gasteiger partial charge in [-0.1, -0.05) is 36.4 Å². The number of fused-ring (bicyclic) bond motifs is 1. The van der Waals surface area contributed by atoms with Gasteiger partial charge >= 0.3 is 0 Å². The number of sulfone groups is 1. The highest BCUT2D eigenvalue weighted by atomic mass is 32.2. The van der Waals surface area contributed by atoms with E-state index in [1.165, 1.54) is 0 Å². The molecule has 4 nitrogen and oxygen atoms in total. The summed E-state index contributed by atoms with van der Waals surface area (Å²) in [7, 11) is -3.23. The van der Waals surface area contributed by atoms with Crippen LogP contribution in [0.15, 0.2) is 67.0 Å². The van der Waals surface area contributed by atoms with Gasteiger partial charge in [-0.15, -0.1) is 0 Å². The van der Waals surface area contributed by atoms with E-state index in [0.29, 0.717) is 0 Å². The minimum atomic E-state index is -3.23. The van der Waals surface area contributed by atoms with Crippen LogP contribution >= 0.6 is 0 Å². The Morgan fingerprint density at radius 3 is 2.59 bits per heavy atom. The second-order valence-electron chi connectivity index (χ2n) is 5.13. The Balaban J connectivity index is 1.72. The molecule has 0 aliphatic heterocycles. The minimum Gasteiger partial charge on any atom is -0.372 e. The Hall–Kier alpha value is -2.40. The van der Waals surface area contributed by atoms with Crippen LogP contribution in [-0.4, -0.2) is 19.3 Å². The average Bonchev–Trinajstić information content (AvgIpc) is 2.54. The Morgan fingerprint density at radius 1 is 0.955 bits per heavy atom. The lowest BCUT2D eigenvalue weighted by molar-refractivity contribution is 0.597. The Kier molecular flexibility index (Phi) is 4.06. The fourth-order valence-electron chi connectivity index (χ4n) is 2.28. The molecule has 0 fully saturated rings. The summed E-state index contributed by atoms with van der Waals surface area (Å²) in [5.74, 6) is -0.0590. The molecule has 0 spiro atoms. The van der Waals surface area contributed by atoms with Gasteiger partial charge in [-0.3, -0.25) is 4.98 Å². The quantitative estimate of drug-likeness (QED) is 0.786. The van der Waals surface area contributed by atoms with Crippen LogP contribution in [0.5, 0.6) is 0 Å². The maximum Gasteiger partial charge on any atom is 0.172 e. The summed E-state index contributed by atoms with van der Waals surface area (Å²) in [6, 6.07) is 16.8. The zero-order chi connectivity index (χ0) is 15.4. The second kappa shape index (κ2) is 6.15. The highest BCUT2D eigenvalue weighted by Gasteiger charge is 2.12. The zero-order valence-electron chi connectivity index (χ0n) is 11.9. The van der Waals surface area contributed by atoms with Crippen LogP contribution in [-0.2, 0) is 15.6 Å². The average molecular weight is 312 g/mol. The van der Waals surface area contributed by atoms with Crippen molar-refractivity contribution in [3.63, 3.8) is 0 Å². The van der Waals surface area contributed by atoms with Crippen LogP contribution in [0.2, 0.25) is 0 Å². The van der Waals surface area contributed by atoms with E-state index in [2.05, 4.69) is 10.3 Å². The van der Waals surface area contributed by atoms with E-state index in [1.807, 2.05) is 54.6 Å². The van der Waals surface area contributed by atoms with Gasteiger partial charge in [0.2, 0.25) is 0 Å². The number of pyridine rings is 1. The number of benzene rings is 2. The van der Waals surface area contributed by atoms with Gasteiger partial charge in [-0.05, 0) is 29.1 Å². The molecule has 0 atom stereocenters. The number of hydrogen-bond acceptors (Lipinski definition) is 4. The lowest BCUT2D eigenvalue weighted by atomic mass is 10.1. The molecule has 0 radical (unpaired) electrons. The molecule has 0 amide bonds. The van der Waals surface area contributed by atoms with Gasteiger partial charge in [0, 0.05) is 23.5 Å². The molecule has 0 saturated heterocycles. The Labute approximate surface area is 129 Å². The lowest BCUT2D eigenvalue weighted by Crippen LogP contribution is -2.16. The fourth-order valence-corrected chi connectivity index (χ4v) is 3.45. The third-order valence-corrected chi connectivity index (χ3v) is 4.72. The summed E-state index contributed by atoms with van der Waals surface area (Å²) in [6.07, 6.45) is 3.47. The van der Waals surface area contributed by atoms with Crippen molar-refractivity contribution in [2.75, 3.05) is 11.2 Å². The van der Waals surface area contributed by atoms with E-state index in [9.17, 15) is 8.42 Å². The summed E-state index contributed by atoms with van der Waals surface area (Å²) in [5.41, 5.74) is 1.59. The number of para-hydroxylation sites is 1. The smallest absolute Gasteiger partial charge is 0.172 e. The first-order valence-electron chi connectivity index (χ1n) is 6.94. The maximum absolute atomic E-state index is 12.2. The molecule has 22 heavy (non-hydrogen) atoms. The molecule has 0 aliphatic carbocycles. The molecule has 1 aromatic heterocycles. The van der Waals surface area contributed by atoms with Crippen LogP contribution in [0.4, 0.5) is 5.69 Å². The molecule has 0 saturated carbocycles. The third-order valence-electron chi connectivity index (χ3n) is 3.36. The van der Waals surface area contributed by atoms with E-state index < -0.39 is 9.84 Å². The van der Waals surface area contributed by atoms with Gasteiger partial charge in [0.25, 0.3) is 0 Å². The SMILES string of the molecule is O=S(=O)(CNc1ccccc1)Cc1ccc2cnccc2c1. The molecule has 5 heteroatoms. The zero-order valence-corrected chi connectivity index (χ0v) is 12.8. The van der Waals surface area contributed by atoms with E-state index >= 15 is 0 Å². The van der Waals surface area contributed by atoms with E-state index in [4.69, 9.17) is 0 Å². The lowest BCUT2D eigenvalue weighted by Gasteiger charge is -2.08.